The lowest BCUT2D eigenvalue weighted by Crippen LogP contribution is -2.46. The lowest BCUT2D eigenvalue weighted by molar-refractivity contribution is -0.121. The van der Waals surface area contributed by atoms with Gasteiger partial charge in [0, 0.05) is 22.3 Å². The van der Waals surface area contributed by atoms with E-state index in [1.165, 1.54) is 6.42 Å². The maximum atomic E-state index is 12.3. The lowest BCUT2D eigenvalue weighted by Gasteiger charge is -2.34. The van der Waals surface area contributed by atoms with E-state index in [0.29, 0.717) is 21.7 Å². The van der Waals surface area contributed by atoms with Crippen molar-refractivity contribution in [1.29, 1.82) is 0 Å². The van der Waals surface area contributed by atoms with Gasteiger partial charge in [0.25, 0.3) is 0 Å². The first-order chi connectivity index (χ1) is 9.45. The number of nitrogens with one attached hydrogen (secondary N) is 1. The van der Waals surface area contributed by atoms with Gasteiger partial charge in [-0.25, -0.2) is 0 Å². The van der Waals surface area contributed by atoms with Crippen LogP contribution in [0.4, 0.5) is 5.69 Å². The van der Waals surface area contributed by atoms with Gasteiger partial charge in [-0.1, -0.05) is 30.1 Å². The third-order valence-electron chi connectivity index (χ3n) is 3.75. The molecule has 5 heteroatoms. The predicted octanol–water partition coefficient (Wildman–Crippen LogP) is 4.05. The molecule has 0 bridgehead atoms. The fourth-order valence-electron chi connectivity index (χ4n) is 2.62. The van der Waals surface area contributed by atoms with E-state index in [0.717, 1.165) is 19.5 Å². The molecule has 20 heavy (non-hydrogen) atoms. The highest BCUT2D eigenvalue weighted by Gasteiger charge is 2.25. The van der Waals surface area contributed by atoms with Gasteiger partial charge in [0.15, 0.2) is 0 Å². The summed E-state index contributed by atoms with van der Waals surface area (Å²) in [5.41, 5.74) is 0.643. The number of rotatable bonds is 3. The van der Waals surface area contributed by atoms with Gasteiger partial charge in [0.2, 0.25) is 5.91 Å². The van der Waals surface area contributed by atoms with Gasteiger partial charge in [-0.3, -0.25) is 9.69 Å². The Balaban J connectivity index is 2.00. The number of hydrogen-bond acceptors (Lipinski definition) is 2. The van der Waals surface area contributed by atoms with Crippen LogP contribution in [0.1, 0.15) is 26.7 Å². The second-order valence-electron chi connectivity index (χ2n) is 5.57. The summed E-state index contributed by atoms with van der Waals surface area (Å²) in [6, 6.07) is 4.91. The number of amides is 1. The molecule has 0 spiro atoms. The Kier molecular flexibility index (Phi) is 5.30. The minimum atomic E-state index is -0.143. The van der Waals surface area contributed by atoms with Crippen molar-refractivity contribution < 1.29 is 4.79 Å². The van der Waals surface area contributed by atoms with Gasteiger partial charge in [-0.05, 0) is 50.4 Å². The molecule has 1 heterocycles. The zero-order valence-corrected chi connectivity index (χ0v) is 13.3. The van der Waals surface area contributed by atoms with Gasteiger partial charge in [-0.15, -0.1) is 0 Å². The molecule has 0 saturated carbocycles. The first-order valence-corrected chi connectivity index (χ1v) is 7.72. The van der Waals surface area contributed by atoms with Gasteiger partial charge >= 0.3 is 0 Å². The Morgan fingerprint density at radius 3 is 2.60 bits per heavy atom. The lowest BCUT2D eigenvalue weighted by atomic mass is 9.99. The van der Waals surface area contributed by atoms with E-state index >= 15 is 0 Å². The molecule has 110 valence electrons. The minimum absolute atomic E-state index is 0.0163. The summed E-state index contributed by atoms with van der Waals surface area (Å²) in [5, 5.41) is 3.93. The van der Waals surface area contributed by atoms with Crippen molar-refractivity contribution in [3.63, 3.8) is 0 Å². The molecule has 1 N–H and O–H groups in total. The third kappa shape index (κ3) is 4.11. The Bertz CT molecular complexity index is 473. The van der Waals surface area contributed by atoms with Gasteiger partial charge in [-0.2, -0.15) is 0 Å². The smallest absolute Gasteiger partial charge is 0.241 e. The van der Waals surface area contributed by atoms with Crippen LogP contribution in [0, 0.1) is 5.92 Å². The van der Waals surface area contributed by atoms with Crippen molar-refractivity contribution in [3.8, 4) is 0 Å². The van der Waals surface area contributed by atoms with Gasteiger partial charge in [0.1, 0.15) is 0 Å². The highest BCUT2D eigenvalue weighted by molar-refractivity contribution is 6.35. The zero-order valence-electron chi connectivity index (χ0n) is 11.8. The van der Waals surface area contributed by atoms with Gasteiger partial charge < -0.3 is 5.32 Å². The SMILES string of the molecule is C[C@H]1CCCN([C@H](C)C(=O)Nc2cc(Cl)cc(Cl)c2)C1. The molecule has 1 aliphatic heterocycles. The van der Waals surface area contributed by atoms with E-state index in [4.69, 9.17) is 23.2 Å². The summed E-state index contributed by atoms with van der Waals surface area (Å²) in [5.74, 6) is 0.636. The molecule has 2 rings (SSSR count). The Hall–Kier alpha value is -0.770. The predicted molar refractivity (Wildman–Crippen MR) is 84.5 cm³/mol. The Labute approximate surface area is 130 Å². The number of nitrogens with zero attached hydrogens (tertiary/aromatic N) is 1. The monoisotopic (exact) mass is 314 g/mol. The number of carbonyl (C=O) groups is 1. The maximum Gasteiger partial charge on any atom is 0.241 e. The van der Waals surface area contributed by atoms with Crippen LogP contribution in [-0.4, -0.2) is 29.9 Å². The van der Waals surface area contributed by atoms with Gasteiger partial charge in [0.05, 0.1) is 6.04 Å². The summed E-state index contributed by atoms with van der Waals surface area (Å²) in [6.45, 7) is 6.13. The van der Waals surface area contributed by atoms with Crippen LogP contribution in [0.3, 0.4) is 0 Å². The van der Waals surface area contributed by atoms with E-state index in [9.17, 15) is 4.79 Å². The van der Waals surface area contributed by atoms with Crippen LogP contribution in [0.15, 0.2) is 18.2 Å². The maximum absolute atomic E-state index is 12.3. The quantitative estimate of drug-likeness (QED) is 0.912. The topological polar surface area (TPSA) is 32.3 Å². The number of hydrogen-bond donors (Lipinski definition) is 1. The molecule has 1 aromatic rings. The van der Waals surface area contributed by atoms with Crippen molar-refractivity contribution in [2.75, 3.05) is 18.4 Å². The number of carbonyl (C=O) groups excluding carboxylic acids is 1. The molecule has 1 amide bonds. The number of piperidine rings is 1. The average molecular weight is 315 g/mol. The van der Waals surface area contributed by atoms with E-state index in [-0.39, 0.29) is 11.9 Å². The summed E-state index contributed by atoms with van der Waals surface area (Å²) >= 11 is 11.9. The second-order valence-corrected chi connectivity index (χ2v) is 6.44. The van der Waals surface area contributed by atoms with Crippen LogP contribution < -0.4 is 5.32 Å². The number of anilines is 1. The average Bonchev–Trinajstić information content (AvgIpc) is 2.36. The molecule has 1 aromatic carbocycles. The third-order valence-corrected chi connectivity index (χ3v) is 4.18. The summed E-state index contributed by atoms with van der Waals surface area (Å²) in [6.07, 6.45) is 2.40. The fourth-order valence-corrected chi connectivity index (χ4v) is 3.14. The van der Waals surface area contributed by atoms with E-state index in [1.54, 1.807) is 18.2 Å². The number of likely N-dealkylation sites (tertiary alicyclic amines) is 1. The molecular weight excluding hydrogens is 295 g/mol. The Morgan fingerprint density at radius 2 is 2.00 bits per heavy atom. The van der Waals surface area contributed by atoms with Crippen molar-refractivity contribution >= 4 is 34.8 Å². The standard InChI is InChI=1S/C15H20Cl2N2O/c1-10-4-3-5-19(9-10)11(2)15(20)18-14-7-12(16)6-13(17)8-14/h6-8,10-11H,3-5,9H2,1-2H3,(H,18,20)/t10-,11+/m0/s1. The molecule has 3 nitrogen and oxygen atoms in total. The Morgan fingerprint density at radius 1 is 1.35 bits per heavy atom. The fraction of sp³-hybridized carbons (Fsp3) is 0.533. The van der Waals surface area contributed by atoms with Crippen molar-refractivity contribution in [2.24, 2.45) is 5.92 Å². The highest BCUT2D eigenvalue weighted by atomic mass is 35.5. The van der Waals surface area contributed by atoms with Crippen molar-refractivity contribution in [3.05, 3.63) is 28.2 Å². The second kappa shape index (κ2) is 6.79. The first-order valence-electron chi connectivity index (χ1n) is 6.96. The first kappa shape index (κ1) is 15.6. The van der Waals surface area contributed by atoms with Crippen molar-refractivity contribution in [2.45, 2.75) is 32.7 Å². The van der Waals surface area contributed by atoms with E-state index in [2.05, 4.69) is 17.1 Å². The molecule has 0 unspecified atom stereocenters. The van der Waals surface area contributed by atoms with E-state index in [1.807, 2.05) is 6.92 Å². The molecular formula is C15H20Cl2N2O. The molecule has 1 aliphatic rings. The largest absolute Gasteiger partial charge is 0.325 e. The van der Waals surface area contributed by atoms with Crippen molar-refractivity contribution in [1.82, 2.24) is 4.90 Å². The van der Waals surface area contributed by atoms with Crippen LogP contribution in [-0.2, 0) is 4.79 Å². The highest BCUT2D eigenvalue weighted by Crippen LogP contribution is 2.23. The van der Waals surface area contributed by atoms with Crippen LogP contribution in [0.5, 0.6) is 0 Å². The van der Waals surface area contributed by atoms with E-state index < -0.39 is 0 Å². The minimum Gasteiger partial charge on any atom is -0.325 e. The number of halogens is 2. The summed E-state index contributed by atoms with van der Waals surface area (Å²) < 4.78 is 0. The molecule has 0 aliphatic carbocycles. The molecule has 1 fully saturated rings. The molecule has 2 atom stereocenters. The zero-order chi connectivity index (χ0) is 14.7. The molecule has 0 radical (unpaired) electrons. The number of benzene rings is 1. The summed E-state index contributed by atoms with van der Waals surface area (Å²) in [4.78, 5) is 14.5. The molecule has 1 saturated heterocycles. The normalized spacial score (nSPS) is 21.5. The summed E-state index contributed by atoms with van der Waals surface area (Å²) in [7, 11) is 0. The van der Waals surface area contributed by atoms with Crippen LogP contribution in [0.25, 0.3) is 0 Å². The van der Waals surface area contributed by atoms with Crippen LogP contribution >= 0.6 is 23.2 Å². The molecule has 0 aromatic heterocycles. The van der Waals surface area contributed by atoms with Crippen LogP contribution in [0.2, 0.25) is 10.0 Å².